The number of nitrogens with zero attached hydrogens (tertiary/aromatic N) is 2. The van der Waals surface area contributed by atoms with Gasteiger partial charge in [0.05, 0.1) is 10.6 Å². The van der Waals surface area contributed by atoms with Crippen LogP contribution in [0.15, 0.2) is 23.6 Å². The Morgan fingerprint density at radius 1 is 1.44 bits per heavy atom. The van der Waals surface area contributed by atoms with E-state index in [1.54, 1.807) is 36.4 Å². The zero-order valence-electron chi connectivity index (χ0n) is 10.5. The number of anilines is 1. The maximum absolute atomic E-state index is 11.2. The van der Waals surface area contributed by atoms with Crippen LogP contribution in [0.5, 0.6) is 0 Å². The molecule has 0 spiro atoms. The molecule has 94 valence electrons. The number of thiophene rings is 1. The van der Waals surface area contributed by atoms with Gasteiger partial charge in [-0.1, -0.05) is 6.07 Å². The summed E-state index contributed by atoms with van der Waals surface area (Å²) in [6, 6.07) is 5.63. The van der Waals surface area contributed by atoms with Gasteiger partial charge in [-0.15, -0.1) is 11.3 Å². The number of carbonyl (C=O) groups is 1. The van der Waals surface area contributed by atoms with Crippen molar-refractivity contribution in [1.29, 1.82) is 0 Å². The van der Waals surface area contributed by atoms with Crippen molar-refractivity contribution in [3.63, 3.8) is 0 Å². The molecular formula is C13H14N2O2S. The number of carboxylic acid groups (broad SMARTS) is 1. The zero-order valence-corrected chi connectivity index (χ0v) is 11.3. The van der Waals surface area contributed by atoms with Gasteiger partial charge in [-0.2, -0.15) is 0 Å². The quantitative estimate of drug-likeness (QED) is 0.924. The summed E-state index contributed by atoms with van der Waals surface area (Å²) >= 11 is 1.60. The molecule has 1 N–H and O–H groups in total. The summed E-state index contributed by atoms with van der Waals surface area (Å²) in [7, 11) is 3.59. The van der Waals surface area contributed by atoms with E-state index in [1.807, 2.05) is 24.4 Å². The number of rotatable bonds is 3. The number of aryl methyl sites for hydroxylation is 1. The minimum Gasteiger partial charge on any atom is -0.478 e. The number of aromatic carboxylic acids is 1. The van der Waals surface area contributed by atoms with Crippen LogP contribution in [0.4, 0.5) is 5.82 Å². The highest BCUT2D eigenvalue weighted by Gasteiger charge is 2.17. The minimum atomic E-state index is -0.952. The van der Waals surface area contributed by atoms with E-state index in [9.17, 15) is 9.90 Å². The number of aromatic nitrogens is 1. The van der Waals surface area contributed by atoms with Crippen LogP contribution in [0.1, 0.15) is 15.9 Å². The predicted octanol–water partition coefficient (Wildman–Crippen LogP) is 2.88. The topological polar surface area (TPSA) is 53.4 Å². The number of carboxylic acids is 1. The molecule has 2 heterocycles. The van der Waals surface area contributed by atoms with Crippen molar-refractivity contribution in [3.8, 4) is 10.6 Å². The van der Waals surface area contributed by atoms with Gasteiger partial charge in [0, 0.05) is 14.1 Å². The fraction of sp³-hybridized carbons (Fsp3) is 0.231. The third-order valence-electron chi connectivity index (χ3n) is 2.60. The molecule has 0 unspecified atom stereocenters. The van der Waals surface area contributed by atoms with Crippen molar-refractivity contribution in [2.45, 2.75) is 6.92 Å². The van der Waals surface area contributed by atoms with Gasteiger partial charge in [0.15, 0.2) is 0 Å². The summed E-state index contributed by atoms with van der Waals surface area (Å²) in [6.07, 6.45) is 0. The van der Waals surface area contributed by atoms with Gasteiger partial charge in [0.2, 0.25) is 0 Å². The Hall–Kier alpha value is -1.88. The normalized spacial score (nSPS) is 10.4. The van der Waals surface area contributed by atoms with E-state index >= 15 is 0 Å². The maximum atomic E-state index is 11.2. The maximum Gasteiger partial charge on any atom is 0.339 e. The average Bonchev–Trinajstić information content (AvgIpc) is 2.81. The summed E-state index contributed by atoms with van der Waals surface area (Å²) in [5.41, 5.74) is 1.96. The predicted molar refractivity (Wildman–Crippen MR) is 73.6 cm³/mol. The van der Waals surface area contributed by atoms with Crippen molar-refractivity contribution in [2.75, 3.05) is 19.0 Å². The highest BCUT2D eigenvalue weighted by Crippen LogP contribution is 2.30. The van der Waals surface area contributed by atoms with Gasteiger partial charge >= 0.3 is 5.97 Å². The summed E-state index contributed by atoms with van der Waals surface area (Å²) in [5, 5.41) is 11.2. The van der Waals surface area contributed by atoms with Crippen molar-refractivity contribution in [1.82, 2.24) is 4.98 Å². The van der Waals surface area contributed by atoms with Crippen molar-refractivity contribution in [2.24, 2.45) is 0 Å². The van der Waals surface area contributed by atoms with Gasteiger partial charge in [-0.25, -0.2) is 9.78 Å². The largest absolute Gasteiger partial charge is 0.478 e. The zero-order chi connectivity index (χ0) is 13.3. The third kappa shape index (κ3) is 2.22. The first-order chi connectivity index (χ1) is 8.50. The molecule has 0 aliphatic rings. The van der Waals surface area contributed by atoms with Crippen LogP contribution in [0, 0.1) is 6.92 Å². The van der Waals surface area contributed by atoms with Crippen LogP contribution in [0.3, 0.4) is 0 Å². The molecule has 2 aromatic heterocycles. The van der Waals surface area contributed by atoms with E-state index in [4.69, 9.17) is 0 Å². The second kappa shape index (κ2) is 4.78. The van der Waals surface area contributed by atoms with Crippen molar-refractivity contribution in [3.05, 3.63) is 34.7 Å². The van der Waals surface area contributed by atoms with Crippen LogP contribution >= 0.6 is 11.3 Å². The van der Waals surface area contributed by atoms with Crippen LogP contribution in [0.25, 0.3) is 10.6 Å². The van der Waals surface area contributed by atoms with E-state index in [-0.39, 0.29) is 5.56 Å². The molecule has 0 fully saturated rings. The summed E-state index contributed by atoms with van der Waals surface area (Å²) in [6.45, 7) is 1.88. The average molecular weight is 262 g/mol. The standard InChI is InChI=1S/C13H14N2O2S/c1-8-7-9(13(16)17)12(15(2)3)14-11(8)10-5-4-6-18-10/h4-7H,1-3H3,(H,16,17). The lowest BCUT2D eigenvalue weighted by Gasteiger charge is -2.16. The molecule has 4 nitrogen and oxygen atoms in total. The number of hydrogen-bond donors (Lipinski definition) is 1. The molecule has 0 bridgehead atoms. The van der Waals surface area contributed by atoms with E-state index in [2.05, 4.69) is 4.98 Å². The molecule has 2 rings (SSSR count). The second-order valence-electron chi connectivity index (χ2n) is 4.20. The fourth-order valence-electron chi connectivity index (χ4n) is 1.76. The fourth-order valence-corrected chi connectivity index (χ4v) is 2.54. The van der Waals surface area contributed by atoms with Gasteiger partial charge in [-0.05, 0) is 30.0 Å². The Bertz CT molecular complexity index is 577. The molecule has 0 radical (unpaired) electrons. The summed E-state index contributed by atoms with van der Waals surface area (Å²) in [4.78, 5) is 18.5. The van der Waals surface area contributed by atoms with Gasteiger partial charge in [0.1, 0.15) is 11.4 Å². The molecule has 0 atom stereocenters. The van der Waals surface area contributed by atoms with Crippen LogP contribution in [-0.2, 0) is 0 Å². The highest BCUT2D eigenvalue weighted by molar-refractivity contribution is 7.13. The lowest BCUT2D eigenvalue weighted by molar-refractivity contribution is 0.0697. The SMILES string of the molecule is Cc1cc(C(=O)O)c(N(C)C)nc1-c1cccs1. The molecular weight excluding hydrogens is 248 g/mol. The van der Waals surface area contributed by atoms with E-state index in [1.165, 1.54) is 0 Å². The molecule has 0 aliphatic heterocycles. The lowest BCUT2D eigenvalue weighted by Crippen LogP contribution is -2.16. The second-order valence-corrected chi connectivity index (χ2v) is 5.15. The van der Waals surface area contributed by atoms with Gasteiger partial charge in [0.25, 0.3) is 0 Å². The van der Waals surface area contributed by atoms with Crippen LogP contribution < -0.4 is 4.90 Å². The summed E-state index contributed by atoms with van der Waals surface area (Å²) in [5.74, 6) is -0.469. The van der Waals surface area contributed by atoms with E-state index in [0.29, 0.717) is 5.82 Å². The highest BCUT2D eigenvalue weighted by atomic mass is 32.1. The first-order valence-corrected chi connectivity index (χ1v) is 6.35. The molecule has 2 aromatic rings. The third-order valence-corrected chi connectivity index (χ3v) is 3.48. The monoisotopic (exact) mass is 262 g/mol. The Balaban J connectivity index is 2.64. The van der Waals surface area contributed by atoms with Gasteiger partial charge in [-0.3, -0.25) is 0 Å². The minimum absolute atomic E-state index is 0.234. The van der Waals surface area contributed by atoms with E-state index in [0.717, 1.165) is 16.1 Å². The first-order valence-electron chi connectivity index (χ1n) is 5.47. The van der Waals surface area contributed by atoms with Crippen LogP contribution in [0.2, 0.25) is 0 Å². The van der Waals surface area contributed by atoms with Crippen molar-refractivity contribution < 1.29 is 9.90 Å². The Morgan fingerprint density at radius 3 is 2.67 bits per heavy atom. The van der Waals surface area contributed by atoms with Gasteiger partial charge < -0.3 is 10.0 Å². The Morgan fingerprint density at radius 2 is 2.17 bits per heavy atom. The Kier molecular flexibility index (Phi) is 3.34. The van der Waals surface area contributed by atoms with E-state index < -0.39 is 5.97 Å². The van der Waals surface area contributed by atoms with Crippen molar-refractivity contribution >= 4 is 23.1 Å². The molecule has 5 heteroatoms. The lowest BCUT2D eigenvalue weighted by atomic mass is 10.1. The first kappa shape index (κ1) is 12.6. The number of hydrogen-bond acceptors (Lipinski definition) is 4. The molecule has 18 heavy (non-hydrogen) atoms. The Labute approximate surface area is 110 Å². The van der Waals surface area contributed by atoms with Crippen LogP contribution in [-0.4, -0.2) is 30.2 Å². The molecule has 0 aliphatic carbocycles. The molecule has 0 saturated carbocycles. The molecule has 0 saturated heterocycles. The molecule has 0 aromatic carbocycles. The summed E-state index contributed by atoms with van der Waals surface area (Å²) < 4.78 is 0. The smallest absolute Gasteiger partial charge is 0.339 e. The number of pyridine rings is 1. The molecule has 0 amide bonds.